The van der Waals surface area contributed by atoms with Gasteiger partial charge in [-0.15, -0.1) is 0 Å². The van der Waals surface area contributed by atoms with Crippen LogP contribution in [0.25, 0.3) is 10.2 Å². The number of rotatable bonds is 5. The second kappa shape index (κ2) is 8.45. The molecule has 0 radical (unpaired) electrons. The Morgan fingerprint density at radius 3 is 2.63 bits per heavy atom. The summed E-state index contributed by atoms with van der Waals surface area (Å²) in [5.41, 5.74) is 3.00. The van der Waals surface area contributed by atoms with Gasteiger partial charge in [0.15, 0.2) is 5.13 Å². The molecule has 1 fully saturated rings. The third-order valence-corrected chi connectivity index (χ3v) is 8.31. The Kier molecular flexibility index (Phi) is 5.90. The number of anilines is 1. The molecule has 2 aromatic carbocycles. The first kappa shape index (κ1) is 21.0. The normalized spacial score (nSPS) is 17.9. The molecule has 1 aliphatic heterocycles. The molecule has 1 atom stereocenters. The first-order valence-electron chi connectivity index (χ1n) is 10.1. The van der Waals surface area contributed by atoms with Crippen LogP contribution in [0.15, 0.2) is 47.4 Å². The van der Waals surface area contributed by atoms with E-state index in [1.807, 2.05) is 32.0 Å². The lowest BCUT2D eigenvalue weighted by Crippen LogP contribution is -2.45. The molecule has 1 aromatic heterocycles. The largest absolute Gasteiger partial charge is 0.302 e. The molecule has 1 amide bonds. The Hall–Kier alpha value is -2.29. The zero-order valence-electron chi connectivity index (χ0n) is 17.1. The van der Waals surface area contributed by atoms with Crippen LogP contribution in [0.4, 0.5) is 5.13 Å². The number of amides is 1. The van der Waals surface area contributed by atoms with Gasteiger partial charge in [0.05, 0.1) is 15.1 Å². The number of nitrogens with zero attached hydrogens (tertiary/aromatic N) is 2. The van der Waals surface area contributed by atoms with E-state index in [0.717, 1.165) is 34.2 Å². The number of nitrogens with one attached hydrogen (secondary N) is 1. The number of piperidine rings is 1. The summed E-state index contributed by atoms with van der Waals surface area (Å²) in [6, 6.07) is 12.5. The van der Waals surface area contributed by atoms with Gasteiger partial charge in [-0.1, -0.05) is 41.5 Å². The predicted octanol–water partition coefficient (Wildman–Crippen LogP) is 4.49. The number of carbonyl (C=O) groups excluding carboxylic acids is 1. The molecule has 0 saturated carbocycles. The van der Waals surface area contributed by atoms with E-state index in [-0.39, 0.29) is 23.3 Å². The monoisotopic (exact) mass is 443 g/mol. The number of hydrogen-bond acceptors (Lipinski definition) is 5. The molecule has 30 heavy (non-hydrogen) atoms. The quantitative estimate of drug-likeness (QED) is 0.630. The first-order chi connectivity index (χ1) is 14.3. The van der Waals surface area contributed by atoms with Crippen LogP contribution in [0.2, 0.25) is 0 Å². The van der Waals surface area contributed by atoms with Gasteiger partial charge in [-0.3, -0.25) is 4.79 Å². The fourth-order valence-corrected chi connectivity index (χ4v) is 6.48. The van der Waals surface area contributed by atoms with Crippen molar-refractivity contribution in [2.45, 2.75) is 50.5 Å². The van der Waals surface area contributed by atoms with Crippen molar-refractivity contribution in [1.82, 2.24) is 9.29 Å². The average Bonchev–Trinajstić information content (AvgIpc) is 3.09. The van der Waals surface area contributed by atoms with E-state index in [4.69, 9.17) is 0 Å². The van der Waals surface area contributed by atoms with Crippen LogP contribution in [-0.4, -0.2) is 36.2 Å². The standard InChI is InChI=1S/C22H25N3O3S2/c1-15-6-9-18(10-7-15)30(27,28)25-12-4-3-5-17(25)14-21(26)24-22-23-19-11-8-16(2)13-20(19)29-22/h6-11,13,17H,3-5,12,14H2,1-2H3,(H,23,24,26)/t17-/m1/s1. The minimum absolute atomic E-state index is 0.125. The third-order valence-electron chi connectivity index (χ3n) is 5.41. The highest BCUT2D eigenvalue weighted by molar-refractivity contribution is 7.89. The number of fused-ring (bicyclic) bond motifs is 1. The van der Waals surface area contributed by atoms with E-state index < -0.39 is 10.0 Å². The van der Waals surface area contributed by atoms with Crippen molar-refractivity contribution in [1.29, 1.82) is 0 Å². The molecule has 0 spiro atoms. The fourth-order valence-electron chi connectivity index (χ4n) is 3.81. The third kappa shape index (κ3) is 4.40. The lowest BCUT2D eigenvalue weighted by Gasteiger charge is -2.34. The lowest BCUT2D eigenvalue weighted by molar-refractivity contribution is -0.117. The molecule has 1 aliphatic rings. The number of benzene rings is 2. The summed E-state index contributed by atoms with van der Waals surface area (Å²) in [7, 11) is -3.63. The molecular formula is C22H25N3O3S2. The number of sulfonamides is 1. The van der Waals surface area contributed by atoms with Gasteiger partial charge in [0, 0.05) is 19.0 Å². The maximum atomic E-state index is 13.2. The summed E-state index contributed by atoms with van der Waals surface area (Å²) in [6.07, 6.45) is 2.52. The Morgan fingerprint density at radius 1 is 1.13 bits per heavy atom. The Morgan fingerprint density at radius 2 is 1.87 bits per heavy atom. The molecule has 1 N–H and O–H groups in total. The van der Waals surface area contributed by atoms with Crippen LogP contribution in [0.5, 0.6) is 0 Å². The number of carbonyl (C=O) groups is 1. The van der Waals surface area contributed by atoms with Crippen molar-refractivity contribution in [2.75, 3.05) is 11.9 Å². The Balaban J connectivity index is 1.49. The predicted molar refractivity (Wildman–Crippen MR) is 120 cm³/mol. The molecule has 6 nitrogen and oxygen atoms in total. The van der Waals surface area contributed by atoms with Crippen molar-refractivity contribution in [3.63, 3.8) is 0 Å². The van der Waals surface area contributed by atoms with Crippen molar-refractivity contribution in [2.24, 2.45) is 0 Å². The van der Waals surface area contributed by atoms with Crippen molar-refractivity contribution in [3.8, 4) is 0 Å². The van der Waals surface area contributed by atoms with Crippen LogP contribution in [0, 0.1) is 13.8 Å². The molecule has 2 heterocycles. The van der Waals surface area contributed by atoms with E-state index in [1.54, 1.807) is 24.3 Å². The van der Waals surface area contributed by atoms with E-state index in [9.17, 15) is 13.2 Å². The average molecular weight is 444 g/mol. The summed E-state index contributed by atoms with van der Waals surface area (Å²) >= 11 is 1.43. The molecular weight excluding hydrogens is 418 g/mol. The number of hydrogen-bond donors (Lipinski definition) is 1. The molecule has 1 saturated heterocycles. The summed E-state index contributed by atoms with van der Waals surface area (Å²) in [6.45, 7) is 4.38. The van der Waals surface area contributed by atoms with Gasteiger partial charge >= 0.3 is 0 Å². The second-order valence-electron chi connectivity index (χ2n) is 7.82. The van der Waals surface area contributed by atoms with Crippen LogP contribution in [-0.2, 0) is 14.8 Å². The van der Waals surface area contributed by atoms with Crippen molar-refractivity contribution in [3.05, 3.63) is 53.6 Å². The molecule has 3 aromatic rings. The highest BCUT2D eigenvalue weighted by Gasteiger charge is 2.34. The molecule has 8 heteroatoms. The van der Waals surface area contributed by atoms with E-state index in [0.29, 0.717) is 18.1 Å². The zero-order valence-corrected chi connectivity index (χ0v) is 18.7. The van der Waals surface area contributed by atoms with Crippen molar-refractivity contribution >= 4 is 42.6 Å². The van der Waals surface area contributed by atoms with E-state index >= 15 is 0 Å². The maximum Gasteiger partial charge on any atom is 0.243 e. The Labute approximate surface area is 181 Å². The number of aromatic nitrogens is 1. The van der Waals surface area contributed by atoms with Gasteiger partial charge in [0.25, 0.3) is 0 Å². The summed E-state index contributed by atoms with van der Waals surface area (Å²) in [5.74, 6) is -0.207. The van der Waals surface area contributed by atoms with Crippen LogP contribution in [0.1, 0.15) is 36.8 Å². The summed E-state index contributed by atoms with van der Waals surface area (Å²) in [4.78, 5) is 17.5. The lowest BCUT2D eigenvalue weighted by atomic mass is 10.0. The Bertz CT molecular complexity index is 1170. The topological polar surface area (TPSA) is 79.4 Å². The molecule has 0 bridgehead atoms. The van der Waals surface area contributed by atoms with Crippen LogP contribution < -0.4 is 5.32 Å². The van der Waals surface area contributed by atoms with Gasteiger partial charge in [0.1, 0.15) is 0 Å². The summed E-state index contributed by atoms with van der Waals surface area (Å²) in [5, 5.41) is 3.41. The van der Waals surface area contributed by atoms with Crippen molar-refractivity contribution < 1.29 is 13.2 Å². The molecule has 4 rings (SSSR count). The zero-order chi connectivity index (χ0) is 21.3. The first-order valence-corrected chi connectivity index (χ1v) is 12.3. The maximum absolute atomic E-state index is 13.2. The highest BCUT2D eigenvalue weighted by Crippen LogP contribution is 2.29. The molecule has 0 aliphatic carbocycles. The van der Waals surface area contributed by atoms with Crippen LogP contribution in [0.3, 0.4) is 0 Å². The minimum atomic E-state index is -3.63. The SMILES string of the molecule is Cc1ccc(S(=O)(=O)N2CCCC[C@@H]2CC(=O)Nc2nc3ccc(C)cc3s2)cc1. The minimum Gasteiger partial charge on any atom is -0.302 e. The van der Waals surface area contributed by atoms with Gasteiger partial charge in [0.2, 0.25) is 15.9 Å². The van der Waals surface area contributed by atoms with Gasteiger partial charge in [-0.05, 0) is 56.5 Å². The van der Waals surface area contributed by atoms with Gasteiger partial charge in [-0.25, -0.2) is 13.4 Å². The molecule has 0 unspecified atom stereocenters. The second-order valence-corrected chi connectivity index (χ2v) is 10.7. The smallest absolute Gasteiger partial charge is 0.243 e. The van der Waals surface area contributed by atoms with E-state index in [1.165, 1.54) is 15.6 Å². The number of aryl methyl sites for hydroxylation is 2. The summed E-state index contributed by atoms with van der Waals surface area (Å²) < 4.78 is 28.9. The van der Waals surface area contributed by atoms with E-state index in [2.05, 4.69) is 10.3 Å². The van der Waals surface area contributed by atoms with Gasteiger partial charge < -0.3 is 5.32 Å². The van der Waals surface area contributed by atoms with Gasteiger partial charge in [-0.2, -0.15) is 4.31 Å². The molecule has 158 valence electrons. The van der Waals surface area contributed by atoms with Crippen LogP contribution >= 0.6 is 11.3 Å². The number of thiazole rings is 1. The fraction of sp³-hybridized carbons (Fsp3) is 0.364. The highest BCUT2D eigenvalue weighted by atomic mass is 32.2.